The highest BCUT2D eigenvalue weighted by atomic mass is 127. The molecule has 0 unspecified atom stereocenters. The zero-order valence-corrected chi connectivity index (χ0v) is 4.58. The maximum atomic E-state index is 9.20. The van der Waals surface area contributed by atoms with Crippen molar-refractivity contribution >= 4 is 37.4 Å². The molecule has 0 amide bonds. The van der Waals surface area contributed by atoms with Crippen molar-refractivity contribution in [3.63, 3.8) is 0 Å². The quantitative estimate of drug-likeness (QED) is 0.420. The first kappa shape index (κ1) is 4.69. The molecule has 0 saturated heterocycles. The van der Waals surface area contributed by atoms with Crippen LogP contribution in [-0.2, 0) is 0 Å². The van der Waals surface area contributed by atoms with Crippen LogP contribution in [0.1, 0.15) is 0 Å². The van der Waals surface area contributed by atoms with E-state index in [0.29, 0.717) is 0 Å². The Morgan fingerprint density at radius 3 is 2.00 bits per heavy atom. The van der Waals surface area contributed by atoms with Gasteiger partial charge in [-0.05, 0) is 11.6 Å². The first-order valence-electron chi connectivity index (χ1n) is 0.582. The van der Waals surface area contributed by atoms with E-state index in [1.54, 1.807) is 0 Å². The van der Waals surface area contributed by atoms with Crippen molar-refractivity contribution < 1.29 is 4.79 Å². The van der Waals surface area contributed by atoms with Gasteiger partial charge >= 0.3 is 0 Å². The van der Waals surface area contributed by atoms with Gasteiger partial charge in [0.25, 0.3) is 3.25 Å². The Morgan fingerprint density at radius 2 is 2.00 bits per heavy atom. The molecule has 24 valence electrons. The third-order valence-corrected chi connectivity index (χ3v) is 0. The fourth-order valence-electron chi connectivity index (χ4n) is 0. The highest BCUT2D eigenvalue weighted by Crippen LogP contribution is 1.90. The van der Waals surface area contributed by atoms with Gasteiger partial charge in [-0.25, -0.2) is 0 Å². The Kier molecular flexibility index (Phi) is 2.30. The van der Waals surface area contributed by atoms with Crippen molar-refractivity contribution in [2.45, 2.75) is 0 Å². The Bertz CT molecular complexity index is 31.0. The molecule has 0 N–H and O–H groups in total. The third kappa shape index (κ3) is 16.1. The molecule has 0 aliphatic heterocycles. The van der Waals surface area contributed by atoms with Crippen LogP contribution in [0.25, 0.3) is 0 Å². The Morgan fingerprint density at radius 1 is 2.00 bits per heavy atom. The lowest BCUT2D eigenvalue weighted by atomic mass is 11.8. The van der Waals surface area contributed by atoms with E-state index in [0.717, 1.165) is 0 Å². The zero-order valence-electron chi connectivity index (χ0n) is 1.66. The van der Waals surface area contributed by atoms with Gasteiger partial charge in [0.2, 0.25) is 0 Å². The molecule has 0 heterocycles. The Labute approximate surface area is 42.5 Å². The lowest BCUT2D eigenvalue weighted by Crippen LogP contribution is -1.44. The van der Waals surface area contributed by atoms with E-state index in [-0.39, 0.29) is 0 Å². The summed E-state index contributed by atoms with van der Waals surface area (Å²) in [6, 6.07) is 0. The minimum absolute atomic E-state index is 0.391. The van der Waals surface area contributed by atoms with Gasteiger partial charge in [-0.15, -0.1) is 0 Å². The standard InChI is InChI=1S/CClIO/c2-1(3)4. The summed E-state index contributed by atoms with van der Waals surface area (Å²) in [6.45, 7) is 0. The summed E-state index contributed by atoms with van der Waals surface area (Å²) < 4.78 is -0.391. The maximum absolute atomic E-state index is 9.20. The molecule has 4 heavy (non-hydrogen) atoms. The van der Waals surface area contributed by atoms with Crippen LogP contribution < -0.4 is 0 Å². The second-order valence-corrected chi connectivity index (χ2v) is 2.19. The predicted octanol–water partition coefficient (Wildman–Crippen LogP) is 1.78. The van der Waals surface area contributed by atoms with Crippen LogP contribution in [0, 0.1) is 0 Å². The minimum Gasteiger partial charge on any atom is -0.269 e. The van der Waals surface area contributed by atoms with Gasteiger partial charge in [-0.1, -0.05) is 0 Å². The van der Waals surface area contributed by atoms with Gasteiger partial charge in [-0.3, -0.25) is 4.79 Å². The number of rotatable bonds is 0. The van der Waals surface area contributed by atoms with Crippen LogP contribution in [0.15, 0.2) is 0 Å². The summed E-state index contributed by atoms with van der Waals surface area (Å²) in [5, 5.41) is 0. The molecule has 3 heteroatoms. The van der Waals surface area contributed by atoms with E-state index >= 15 is 0 Å². The topological polar surface area (TPSA) is 17.1 Å². The van der Waals surface area contributed by atoms with E-state index in [1.165, 1.54) is 22.6 Å². The molecule has 0 saturated carbocycles. The fourth-order valence-corrected chi connectivity index (χ4v) is 0. The van der Waals surface area contributed by atoms with Crippen molar-refractivity contribution in [3.05, 3.63) is 0 Å². The van der Waals surface area contributed by atoms with Crippen LogP contribution in [0.3, 0.4) is 0 Å². The number of carbonyl (C=O) groups is 1. The molecular weight excluding hydrogens is 190 g/mol. The molecule has 0 aliphatic rings. The van der Waals surface area contributed by atoms with Gasteiger partial charge in [-0.2, -0.15) is 0 Å². The molecule has 0 aromatic rings. The Balaban J connectivity index is 2.80. The Hall–Kier alpha value is 0.690. The minimum atomic E-state index is -0.391. The van der Waals surface area contributed by atoms with Gasteiger partial charge < -0.3 is 0 Å². The molecule has 0 radical (unpaired) electrons. The lowest BCUT2D eigenvalue weighted by Gasteiger charge is -1.48. The largest absolute Gasteiger partial charge is 0.281 e. The molecule has 0 aromatic heterocycles. The number of hydrogen-bond donors (Lipinski definition) is 0. The fraction of sp³-hybridized carbons (Fsp3) is 0. The van der Waals surface area contributed by atoms with Gasteiger partial charge in [0.05, 0.1) is 0 Å². The first-order chi connectivity index (χ1) is 1.73. The van der Waals surface area contributed by atoms with Crippen molar-refractivity contribution in [2.24, 2.45) is 0 Å². The molecule has 0 aliphatic carbocycles. The molecule has 0 spiro atoms. The van der Waals surface area contributed by atoms with Gasteiger partial charge in [0.15, 0.2) is 0 Å². The normalized spacial score (nSPS) is 6.50. The van der Waals surface area contributed by atoms with Crippen LogP contribution in [0.5, 0.6) is 0 Å². The average molecular weight is 190 g/mol. The van der Waals surface area contributed by atoms with E-state index in [4.69, 9.17) is 0 Å². The van der Waals surface area contributed by atoms with Crippen molar-refractivity contribution in [3.8, 4) is 0 Å². The van der Waals surface area contributed by atoms with Crippen molar-refractivity contribution in [2.75, 3.05) is 0 Å². The van der Waals surface area contributed by atoms with E-state index < -0.39 is 3.25 Å². The van der Waals surface area contributed by atoms with Crippen LogP contribution in [-0.4, -0.2) is 3.25 Å². The lowest BCUT2D eigenvalue weighted by molar-refractivity contribution is 0.277. The number of halogens is 2. The molecule has 1 nitrogen and oxygen atoms in total. The summed E-state index contributed by atoms with van der Waals surface area (Å²) in [4.78, 5) is 9.20. The van der Waals surface area contributed by atoms with Crippen molar-refractivity contribution in [1.82, 2.24) is 0 Å². The average Bonchev–Trinajstić information content (AvgIpc) is 0.811. The van der Waals surface area contributed by atoms with Gasteiger partial charge in [0.1, 0.15) is 0 Å². The molecule has 0 rings (SSSR count). The maximum Gasteiger partial charge on any atom is 0.281 e. The summed E-state index contributed by atoms with van der Waals surface area (Å²) >= 11 is 6.09. The second-order valence-electron chi connectivity index (χ2n) is 0.226. The zero-order chi connectivity index (χ0) is 3.58. The highest BCUT2D eigenvalue weighted by molar-refractivity contribution is 14.1. The second kappa shape index (κ2) is 1.96. The van der Waals surface area contributed by atoms with E-state index in [2.05, 4.69) is 11.6 Å². The van der Waals surface area contributed by atoms with E-state index in [1.807, 2.05) is 0 Å². The van der Waals surface area contributed by atoms with Crippen LogP contribution >= 0.6 is 34.2 Å². The summed E-state index contributed by atoms with van der Waals surface area (Å²) in [5.41, 5.74) is 0. The smallest absolute Gasteiger partial charge is 0.269 e. The molecule has 0 bridgehead atoms. The van der Waals surface area contributed by atoms with Crippen LogP contribution in [0.4, 0.5) is 4.79 Å². The van der Waals surface area contributed by atoms with Crippen LogP contribution in [0.2, 0.25) is 0 Å². The third-order valence-electron chi connectivity index (χ3n) is 0. The molecule has 0 atom stereocenters. The number of carbonyl (C=O) groups excluding carboxylic acids is 1. The van der Waals surface area contributed by atoms with Crippen molar-refractivity contribution in [1.29, 1.82) is 0 Å². The summed E-state index contributed by atoms with van der Waals surface area (Å²) in [6.07, 6.45) is 0. The highest BCUT2D eigenvalue weighted by Gasteiger charge is 1.71. The molecule has 0 aromatic carbocycles. The molecule has 0 fully saturated rings. The predicted molar refractivity (Wildman–Crippen MR) is 25.3 cm³/mol. The monoisotopic (exact) mass is 190 g/mol. The van der Waals surface area contributed by atoms with Gasteiger partial charge in [0, 0.05) is 22.6 Å². The SMILES string of the molecule is O=C(Cl)I. The molecular formula is CClIO. The summed E-state index contributed by atoms with van der Waals surface area (Å²) in [7, 11) is 0. The van der Waals surface area contributed by atoms with E-state index in [9.17, 15) is 4.79 Å². The number of hydrogen-bond acceptors (Lipinski definition) is 1. The first-order valence-corrected chi connectivity index (χ1v) is 2.04. The summed E-state index contributed by atoms with van der Waals surface area (Å²) in [5.74, 6) is 0.